The van der Waals surface area contributed by atoms with Crippen LogP contribution in [0.25, 0.3) is 11.2 Å². The lowest BCUT2D eigenvalue weighted by Gasteiger charge is -1.94. The van der Waals surface area contributed by atoms with E-state index in [9.17, 15) is 0 Å². The molecule has 5 heteroatoms. The first-order chi connectivity index (χ1) is 6.81. The molecule has 2 aromatic rings. The molecular weight excluding hydrogens is 180 g/mol. The maximum absolute atomic E-state index is 4.99. The standard InChI is InChI=1S/C9H13N4O/c1-12-7-10-8-3-4-13(5-6-14-2)11-9(8)12/h3-4,7H,5-6H2,1-2H3/q+1. The molecule has 2 rings (SSSR count). The van der Waals surface area contributed by atoms with E-state index in [4.69, 9.17) is 4.74 Å². The zero-order chi connectivity index (χ0) is 9.97. The van der Waals surface area contributed by atoms with E-state index < -0.39 is 0 Å². The number of aryl methyl sites for hydroxylation is 1. The van der Waals surface area contributed by atoms with Crippen molar-refractivity contribution in [2.75, 3.05) is 13.7 Å². The molecule has 14 heavy (non-hydrogen) atoms. The zero-order valence-corrected chi connectivity index (χ0v) is 8.34. The number of hydrogen-bond acceptors (Lipinski definition) is 3. The van der Waals surface area contributed by atoms with Gasteiger partial charge in [-0.3, -0.25) is 0 Å². The number of aromatic nitrogens is 4. The third-order valence-electron chi connectivity index (χ3n) is 2.09. The Kier molecular flexibility index (Phi) is 2.41. The average molecular weight is 193 g/mol. The number of rotatable bonds is 3. The fraction of sp³-hybridized carbons (Fsp3) is 0.444. The van der Waals surface area contributed by atoms with Crippen molar-refractivity contribution >= 4 is 11.2 Å². The van der Waals surface area contributed by atoms with Crippen LogP contribution in [0.1, 0.15) is 0 Å². The number of ether oxygens (including phenoxy) is 1. The van der Waals surface area contributed by atoms with Crippen LogP contribution in [0.5, 0.6) is 0 Å². The highest BCUT2D eigenvalue weighted by Gasteiger charge is 2.07. The molecule has 0 radical (unpaired) electrons. The predicted molar refractivity (Wildman–Crippen MR) is 50.6 cm³/mol. The van der Waals surface area contributed by atoms with E-state index in [1.807, 2.05) is 28.6 Å². The SMILES string of the molecule is COCC[n+]1ccc2ncn(C)c2n1. The normalized spacial score (nSPS) is 11.0. The van der Waals surface area contributed by atoms with Gasteiger partial charge in [-0.05, 0) is 0 Å². The van der Waals surface area contributed by atoms with E-state index in [1.54, 1.807) is 13.4 Å². The maximum Gasteiger partial charge on any atom is 0.227 e. The summed E-state index contributed by atoms with van der Waals surface area (Å²) in [6.07, 6.45) is 3.67. The van der Waals surface area contributed by atoms with Crippen LogP contribution >= 0.6 is 0 Å². The van der Waals surface area contributed by atoms with Crippen LogP contribution in [-0.4, -0.2) is 28.4 Å². The first-order valence-electron chi connectivity index (χ1n) is 4.48. The van der Waals surface area contributed by atoms with Crippen LogP contribution in [-0.2, 0) is 18.3 Å². The van der Waals surface area contributed by atoms with E-state index in [0.29, 0.717) is 6.61 Å². The molecular formula is C9H13N4O+. The minimum absolute atomic E-state index is 0.668. The molecule has 2 aromatic heterocycles. The second kappa shape index (κ2) is 3.71. The van der Waals surface area contributed by atoms with Crippen LogP contribution in [0.2, 0.25) is 0 Å². The Balaban J connectivity index is 2.34. The minimum Gasteiger partial charge on any atom is -0.378 e. The van der Waals surface area contributed by atoms with Gasteiger partial charge in [-0.15, -0.1) is 0 Å². The third kappa shape index (κ3) is 1.58. The zero-order valence-electron chi connectivity index (χ0n) is 8.34. The lowest BCUT2D eigenvalue weighted by Crippen LogP contribution is -2.39. The summed E-state index contributed by atoms with van der Waals surface area (Å²) in [6, 6.07) is 1.96. The number of imidazole rings is 1. The first-order valence-corrected chi connectivity index (χ1v) is 4.48. The van der Waals surface area contributed by atoms with E-state index in [0.717, 1.165) is 17.7 Å². The predicted octanol–water partition coefficient (Wildman–Crippen LogP) is -0.0978. The quantitative estimate of drug-likeness (QED) is 0.639. The van der Waals surface area contributed by atoms with Gasteiger partial charge in [0, 0.05) is 25.3 Å². The summed E-state index contributed by atoms with van der Waals surface area (Å²) in [5.74, 6) is 0. The molecule has 0 N–H and O–H groups in total. The molecule has 0 saturated heterocycles. The lowest BCUT2D eigenvalue weighted by atomic mass is 10.5. The van der Waals surface area contributed by atoms with Crippen molar-refractivity contribution in [2.45, 2.75) is 6.54 Å². The Bertz CT molecular complexity index is 437. The third-order valence-corrected chi connectivity index (χ3v) is 2.09. The van der Waals surface area contributed by atoms with Gasteiger partial charge in [-0.25, -0.2) is 4.98 Å². The molecule has 5 nitrogen and oxygen atoms in total. The van der Waals surface area contributed by atoms with Crippen LogP contribution in [0.4, 0.5) is 0 Å². The van der Waals surface area contributed by atoms with Crippen LogP contribution in [0.15, 0.2) is 18.6 Å². The molecule has 0 atom stereocenters. The number of hydrogen-bond donors (Lipinski definition) is 0. The molecule has 0 aromatic carbocycles. The van der Waals surface area contributed by atoms with Crippen molar-refractivity contribution in [1.82, 2.24) is 14.6 Å². The first kappa shape index (κ1) is 9.08. The van der Waals surface area contributed by atoms with E-state index in [2.05, 4.69) is 10.1 Å². The van der Waals surface area contributed by atoms with Crippen molar-refractivity contribution in [3.05, 3.63) is 18.6 Å². The minimum atomic E-state index is 0.668. The monoisotopic (exact) mass is 193 g/mol. The highest BCUT2D eigenvalue weighted by molar-refractivity contribution is 5.68. The van der Waals surface area contributed by atoms with E-state index >= 15 is 0 Å². The van der Waals surface area contributed by atoms with Crippen molar-refractivity contribution < 1.29 is 9.42 Å². The van der Waals surface area contributed by atoms with Gasteiger partial charge in [0.1, 0.15) is 12.1 Å². The fourth-order valence-corrected chi connectivity index (χ4v) is 1.30. The Morgan fingerprint density at radius 1 is 1.57 bits per heavy atom. The largest absolute Gasteiger partial charge is 0.378 e. The smallest absolute Gasteiger partial charge is 0.227 e. The second-order valence-electron chi connectivity index (χ2n) is 3.14. The van der Waals surface area contributed by atoms with Gasteiger partial charge in [0.2, 0.25) is 5.65 Å². The lowest BCUT2D eigenvalue weighted by molar-refractivity contribution is -0.752. The van der Waals surface area contributed by atoms with Crippen molar-refractivity contribution in [1.29, 1.82) is 0 Å². The van der Waals surface area contributed by atoms with Gasteiger partial charge in [0.15, 0.2) is 12.7 Å². The molecule has 0 unspecified atom stereocenters. The Morgan fingerprint density at radius 2 is 2.43 bits per heavy atom. The summed E-state index contributed by atoms with van der Waals surface area (Å²) >= 11 is 0. The van der Waals surface area contributed by atoms with Crippen LogP contribution in [0, 0.1) is 0 Å². The van der Waals surface area contributed by atoms with Gasteiger partial charge in [0.05, 0.1) is 6.33 Å². The number of fused-ring (bicyclic) bond motifs is 1. The van der Waals surface area contributed by atoms with Crippen LogP contribution < -0.4 is 4.68 Å². The average Bonchev–Trinajstić information content (AvgIpc) is 2.57. The molecule has 0 spiro atoms. The number of methoxy groups -OCH3 is 1. The fourth-order valence-electron chi connectivity index (χ4n) is 1.30. The van der Waals surface area contributed by atoms with Gasteiger partial charge in [0.25, 0.3) is 0 Å². The Hall–Kier alpha value is -1.49. The van der Waals surface area contributed by atoms with Crippen molar-refractivity contribution in [3.8, 4) is 0 Å². The molecule has 0 bridgehead atoms. The van der Waals surface area contributed by atoms with E-state index in [1.165, 1.54) is 0 Å². The Labute approximate surface area is 81.9 Å². The summed E-state index contributed by atoms with van der Waals surface area (Å²) in [6.45, 7) is 1.43. The molecule has 0 aliphatic rings. The Morgan fingerprint density at radius 3 is 3.21 bits per heavy atom. The summed E-state index contributed by atoms with van der Waals surface area (Å²) in [5.41, 5.74) is 1.81. The molecule has 0 aliphatic carbocycles. The van der Waals surface area contributed by atoms with E-state index in [-0.39, 0.29) is 0 Å². The highest BCUT2D eigenvalue weighted by atomic mass is 16.5. The maximum atomic E-state index is 4.99. The number of nitrogens with zero attached hydrogens (tertiary/aromatic N) is 4. The van der Waals surface area contributed by atoms with Gasteiger partial charge in [-0.2, -0.15) is 0 Å². The molecule has 0 saturated carbocycles. The molecule has 74 valence electrons. The summed E-state index contributed by atoms with van der Waals surface area (Å²) in [4.78, 5) is 4.20. The van der Waals surface area contributed by atoms with Crippen molar-refractivity contribution in [2.24, 2.45) is 7.05 Å². The molecule has 0 amide bonds. The summed E-state index contributed by atoms with van der Waals surface area (Å²) in [5, 5.41) is 4.41. The van der Waals surface area contributed by atoms with Gasteiger partial charge >= 0.3 is 0 Å². The second-order valence-corrected chi connectivity index (χ2v) is 3.14. The molecule has 2 heterocycles. The van der Waals surface area contributed by atoms with Crippen molar-refractivity contribution in [3.63, 3.8) is 0 Å². The summed E-state index contributed by atoms with van der Waals surface area (Å²) in [7, 11) is 3.62. The summed E-state index contributed by atoms with van der Waals surface area (Å²) < 4.78 is 8.74. The molecule has 0 fully saturated rings. The van der Waals surface area contributed by atoms with Gasteiger partial charge < -0.3 is 9.30 Å². The topological polar surface area (TPSA) is 43.8 Å². The highest BCUT2D eigenvalue weighted by Crippen LogP contribution is 2.03. The molecule has 0 aliphatic heterocycles. The van der Waals surface area contributed by atoms with Gasteiger partial charge in [-0.1, -0.05) is 4.68 Å². The van der Waals surface area contributed by atoms with Crippen LogP contribution in [0.3, 0.4) is 0 Å².